The third-order valence-corrected chi connectivity index (χ3v) is 6.27. The molecule has 0 saturated carbocycles. The summed E-state index contributed by atoms with van der Waals surface area (Å²) in [6.45, 7) is 5.38. The van der Waals surface area contributed by atoms with Gasteiger partial charge in [0, 0.05) is 24.3 Å². The quantitative estimate of drug-likeness (QED) is 0.188. The van der Waals surface area contributed by atoms with Crippen molar-refractivity contribution < 1.29 is 28.5 Å². The van der Waals surface area contributed by atoms with Crippen LogP contribution < -0.4 is 10.2 Å². The van der Waals surface area contributed by atoms with Crippen molar-refractivity contribution in [1.82, 2.24) is 0 Å². The van der Waals surface area contributed by atoms with Gasteiger partial charge in [0.2, 0.25) is 0 Å². The molecule has 0 radical (unpaired) electrons. The number of halogens is 2. The summed E-state index contributed by atoms with van der Waals surface area (Å²) < 4.78 is 28.6. The molecule has 9 heteroatoms. The second-order valence-electron chi connectivity index (χ2n) is 7.67. The molecule has 2 aromatic carbocycles. The van der Waals surface area contributed by atoms with E-state index in [1.54, 1.807) is 12.1 Å². The summed E-state index contributed by atoms with van der Waals surface area (Å²) >= 11 is 8.71. The highest BCUT2D eigenvalue weighted by molar-refractivity contribution is 14.1. The second-order valence-corrected chi connectivity index (χ2v) is 9.23. The molecule has 0 saturated heterocycles. The standard InChI is InChI=1S/C26H30ClIO7/c1-2-34-26-17-25-20(15-22(26)28)23(30)16-24(35-25)19-6-5-18(14-21(19)27)4-3-8-31-10-12-33-13-11-32-9-7-29/h5-6,14-17,29H,2-4,7-13H2,1H3. The molecular weight excluding hydrogens is 587 g/mol. The van der Waals surface area contributed by atoms with Crippen LogP contribution in [0, 0.1) is 3.57 Å². The Labute approximate surface area is 223 Å². The lowest BCUT2D eigenvalue weighted by Gasteiger charge is -2.10. The molecule has 0 atom stereocenters. The molecule has 0 aliphatic heterocycles. The van der Waals surface area contributed by atoms with Crippen molar-refractivity contribution in [3.63, 3.8) is 0 Å². The molecule has 190 valence electrons. The lowest BCUT2D eigenvalue weighted by atomic mass is 10.1. The maximum atomic E-state index is 12.7. The van der Waals surface area contributed by atoms with E-state index in [0.717, 1.165) is 22.0 Å². The van der Waals surface area contributed by atoms with Gasteiger partial charge < -0.3 is 28.5 Å². The molecule has 0 aliphatic carbocycles. The molecule has 0 amide bonds. The van der Waals surface area contributed by atoms with E-state index in [-0.39, 0.29) is 12.0 Å². The maximum Gasteiger partial charge on any atom is 0.193 e. The van der Waals surface area contributed by atoms with Crippen LogP contribution in [-0.2, 0) is 20.6 Å². The van der Waals surface area contributed by atoms with Gasteiger partial charge in [-0.05, 0) is 66.1 Å². The van der Waals surface area contributed by atoms with Crippen molar-refractivity contribution in [2.45, 2.75) is 19.8 Å². The summed E-state index contributed by atoms with van der Waals surface area (Å²) in [5, 5.41) is 9.65. The van der Waals surface area contributed by atoms with Crippen molar-refractivity contribution in [2.24, 2.45) is 0 Å². The summed E-state index contributed by atoms with van der Waals surface area (Å²) in [5.41, 5.74) is 2.09. The molecular formula is C26H30ClIO7. The zero-order chi connectivity index (χ0) is 25.0. The number of benzene rings is 2. The van der Waals surface area contributed by atoms with Crippen molar-refractivity contribution >= 4 is 45.2 Å². The van der Waals surface area contributed by atoms with E-state index in [1.165, 1.54) is 6.07 Å². The second kappa shape index (κ2) is 14.8. The van der Waals surface area contributed by atoms with Crippen LogP contribution in [0.5, 0.6) is 5.75 Å². The van der Waals surface area contributed by atoms with E-state index in [2.05, 4.69) is 22.6 Å². The average Bonchev–Trinajstić information content (AvgIpc) is 2.84. The third kappa shape index (κ3) is 8.44. The zero-order valence-corrected chi connectivity index (χ0v) is 22.6. The van der Waals surface area contributed by atoms with Gasteiger partial charge in [-0.2, -0.15) is 0 Å². The normalized spacial score (nSPS) is 11.3. The summed E-state index contributed by atoms with van der Waals surface area (Å²) in [4.78, 5) is 12.7. The minimum atomic E-state index is -0.124. The summed E-state index contributed by atoms with van der Waals surface area (Å²) in [6, 6.07) is 10.8. The van der Waals surface area contributed by atoms with Crippen LogP contribution in [0.2, 0.25) is 5.02 Å². The molecule has 1 N–H and O–H groups in total. The minimum absolute atomic E-state index is 0.0200. The van der Waals surface area contributed by atoms with Gasteiger partial charge in [-0.25, -0.2) is 0 Å². The first-order chi connectivity index (χ1) is 17.0. The van der Waals surface area contributed by atoms with Crippen molar-refractivity contribution in [3.05, 3.63) is 60.8 Å². The van der Waals surface area contributed by atoms with Crippen LogP contribution in [0.1, 0.15) is 18.9 Å². The Balaban J connectivity index is 1.53. The Hall–Kier alpha value is -1.69. The van der Waals surface area contributed by atoms with Gasteiger partial charge in [0.25, 0.3) is 0 Å². The fraction of sp³-hybridized carbons (Fsp3) is 0.423. The predicted octanol–water partition coefficient (Wildman–Crippen LogP) is 5.09. The maximum absolute atomic E-state index is 12.7. The molecule has 1 heterocycles. The lowest BCUT2D eigenvalue weighted by Crippen LogP contribution is -2.11. The largest absolute Gasteiger partial charge is 0.493 e. The van der Waals surface area contributed by atoms with E-state index in [9.17, 15) is 4.79 Å². The SMILES string of the molecule is CCOc1cc2oc(-c3ccc(CCCOCCOCCOCCO)cc3Cl)cc(=O)c2cc1I. The first-order valence-electron chi connectivity index (χ1n) is 11.6. The highest BCUT2D eigenvalue weighted by atomic mass is 127. The molecule has 0 aliphatic rings. The predicted molar refractivity (Wildman–Crippen MR) is 145 cm³/mol. The molecule has 0 fully saturated rings. The van der Waals surface area contributed by atoms with Gasteiger partial charge in [-0.3, -0.25) is 4.79 Å². The summed E-state index contributed by atoms with van der Waals surface area (Å²) in [7, 11) is 0. The van der Waals surface area contributed by atoms with Crippen LogP contribution >= 0.6 is 34.2 Å². The number of hydrogen-bond donors (Lipinski definition) is 1. The number of fused-ring (bicyclic) bond motifs is 1. The topological polar surface area (TPSA) is 87.4 Å². The van der Waals surface area contributed by atoms with E-state index in [1.807, 2.05) is 25.1 Å². The Morgan fingerprint density at radius 1 is 0.971 bits per heavy atom. The average molecular weight is 617 g/mol. The van der Waals surface area contributed by atoms with Crippen LogP contribution in [0.15, 0.2) is 45.6 Å². The Bertz CT molecular complexity index is 1150. The molecule has 0 spiro atoms. The van der Waals surface area contributed by atoms with Crippen LogP contribution in [0.25, 0.3) is 22.3 Å². The molecule has 35 heavy (non-hydrogen) atoms. The molecule has 1 aromatic heterocycles. The fourth-order valence-corrected chi connectivity index (χ4v) is 4.37. The molecule has 3 rings (SSSR count). The number of rotatable bonds is 15. The van der Waals surface area contributed by atoms with Crippen molar-refractivity contribution in [1.29, 1.82) is 0 Å². The van der Waals surface area contributed by atoms with Gasteiger partial charge in [-0.15, -0.1) is 0 Å². The highest BCUT2D eigenvalue weighted by Gasteiger charge is 2.13. The first kappa shape index (κ1) is 27.9. The smallest absolute Gasteiger partial charge is 0.193 e. The number of aliphatic hydroxyl groups is 1. The lowest BCUT2D eigenvalue weighted by molar-refractivity contribution is 0.00744. The van der Waals surface area contributed by atoms with E-state index >= 15 is 0 Å². The van der Waals surface area contributed by atoms with Crippen LogP contribution in [0.4, 0.5) is 0 Å². The van der Waals surface area contributed by atoms with Gasteiger partial charge in [0.05, 0.1) is 60.2 Å². The summed E-state index contributed by atoms with van der Waals surface area (Å²) in [5.74, 6) is 1.11. The van der Waals surface area contributed by atoms with Gasteiger partial charge in [0.15, 0.2) is 5.43 Å². The highest BCUT2D eigenvalue weighted by Crippen LogP contribution is 2.32. The molecule has 3 aromatic rings. The molecule has 7 nitrogen and oxygen atoms in total. The first-order valence-corrected chi connectivity index (χ1v) is 13.0. The van der Waals surface area contributed by atoms with Crippen molar-refractivity contribution in [3.8, 4) is 17.1 Å². The number of ether oxygens (including phenoxy) is 4. The monoisotopic (exact) mass is 616 g/mol. The third-order valence-electron chi connectivity index (χ3n) is 5.11. The minimum Gasteiger partial charge on any atom is -0.493 e. The van der Waals surface area contributed by atoms with E-state index < -0.39 is 0 Å². The van der Waals surface area contributed by atoms with Crippen LogP contribution in [0.3, 0.4) is 0 Å². The van der Waals surface area contributed by atoms with E-state index in [0.29, 0.717) is 79.3 Å². The number of aryl methyl sites for hydroxylation is 1. The van der Waals surface area contributed by atoms with Gasteiger partial charge in [-0.1, -0.05) is 17.7 Å². The number of hydrogen-bond acceptors (Lipinski definition) is 7. The fourth-order valence-electron chi connectivity index (χ4n) is 3.45. The van der Waals surface area contributed by atoms with Crippen molar-refractivity contribution in [2.75, 3.05) is 52.9 Å². The van der Waals surface area contributed by atoms with E-state index in [4.69, 9.17) is 40.1 Å². The Kier molecular flexibility index (Phi) is 11.8. The Morgan fingerprint density at radius 2 is 1.69 bits per heavy atom. The summed E-state index contributed by atoms with van der Waals surface area (Å²) in [6.07, 6.45) is 1.66. The number of aliphatic hydroxyl groups excluding tert-OH is 1. The van der Waals surface area contributed by atoms with Crippen LogP contribution in [-0.4, -0.2) is 58.0 Å². The van der Waals surface area contributed by atoms with Gasteiger partial charge >= 0.3 is 0 Å². The van der Waals surface area contributed by atoms with Gasteiger partial charge in [0.1, 0.15) is 17.1 Å². The molecule has 0 unspecified atom stereocenters. The Morgan fingerprint density at radius 3 is 2.37 bits per heavy atom. The zero-order valence-electron chi connectivity index (χ0n) is 19.7. The molecule has 0 bridgehead atoms.